The van der Waals surface area contributed by atoms with Gasteiger partial charge in [-0.3, -0.25) is 13.9 Å². The summed E-state index contributed by atoms with van der Waals surface area (Å²) in [5.74, 6) is -0.180. The summed E-state index contributed by atoms with van der Waals surface area (Å²) in [5.41, 5.74) is 2.45. The summed E-state index contributed by atoms with van der Waals surface area (Å²) in [4.78, 5) is 33.4. The van der Waals surface area contributed by atoms with E-state index in [4.69, 9.17) is 4.98 Å². The molecule has 2 heterocycles. The van der Waals surface area contributed by atoms with Crippen molar-refractivity contribution in [2.75, 3.05) is 14.1 Å². The van der Waals surface area contributed by atoms with E-state index in [0.29, 0.717) is 11.2 Å². The zero-order valence-corrected chi connectivity index (χ0v) is 21.6. The number of imidazole rings is 1. The van der Waals surface area contributed by atoms with Crippen molar-refractivity contribution in [1.82, 2.24) is 19.0 Å². The molecular formula is C29H25BrN4O2. The molecule has 5 aromatic rings. The number of benzene rings is 3. The number of likely N-dealkylation sites (N-methyl/N-ethyl adjacent to an activating group) is 1. The van der Waals surface area contributed by atoms with Crippen LogP contribution in [0, 0.1) is 0 Å². The third-order valence-electron chi connectivity index (χ3n) is 6.44. The topological polar surface area (TPSA) is 60.1 Å². The number of carbonyl (C=O) groups is 1. The molecular weight excluding hydrogens is 516 g/mol. The first kappa shape index (κ1) is 23.8. The van der Waals surface area contributed by atoms with Gasteiger partial charge in [-0.15, -0.1) is 0 Å². The van der Waals surface area contributed by atoms with Gasteiger partial charge in [-0.25, -0.2) is 9.78 Å². The number of amides is 1. The van der Waals surface area contributed by atoms with Crippen LogP contribution in [0.5, 0.6) is 0 Å². The zero-order chi connectivity index (χ0) is 25.3. The van der Waals surface area contributed by atoms with E-state index >= 15 is 0 Å². The molecule has 180 valence electrons. The molecule has 0 spiro atoms. The Balaban J connectivity index is 1.98. The molecule has 5 rings (SSSR count). The highest BCUT2D eigenvalue weighted by Gasteiger charge is 2.42. The molecule has 0 aliphatic rings. The smallest absolute Gasteiger partial charge is 0.332 e. The molecule has 0 fully saturated rings. The van der Waals surface area contributed by atoms with Crippen LogP contribution in [-0.2, 0) is 16.9 Å². The van der Waals surface area contributed by atoms with Crippen molar-refractivity contribution in [2.45, 2.75) is 12.1 Å². The minimum atomic E-state index is -1.04. The Bertz CT molecular complexity index is 1480. The summed E-state index contributed by atoms with van der Waals surface area (Å²) in [6, 6.07) is 31.7. The van der Waals surface area contributed by atoms with Crippen molar-refractivity contribution in [1.29, 1.82) is 0 Å². The van der Waals surface area contributed by atoms with Gasteiger partial charge in [-0.05, 0) is 38.7 Å². The first-order valence-corrected chi connectivity index (χ1v) is 12.4. The standard InChI is InChI=1S/C29H25BrN4O2/c1-32(2)26(35)20-33-25-18-24(30)19-31-27(25)34(28(33)36)29(21-12-6-3-7-13-21,22-14-8-4-9-15-22)23-16-10-5-11-17-23/h3-19H,20H2,1-2H3. The lowest BCUT2D eigenvalue weighted by Crippen LogP contribution is -2.45. The maximum atomic E-state index is 14.4. The molecule has 0 bridgehead atoms. The Kier molecular flexibility index (Phi) is 6.33. The normalized spacial score (nSPS) is 11.5. The monoisotopic (exact) mass is 540 g/mol. The van der Waals surface area contributed by atoms with Crippen LogP contribution in [-0.4, -0.2) is 39.0 Å². The van der Waals surface area contributed by atoms with Gasteiger partial charge in [0, 0.05) is 24.8 Å². The minimum Gasteiger partial charge on any atom is -0.347 e. The zero-order valence-electron chi connectivity index (χ0n) is 20.0. The number of carbonyl (C=O) groups excluding carboxylic acids is 1. The Morgan fingerprint density at radius 1 is 0.861 bits per heavy atom. The number of pyridine rings is 1. The molecule has 0 radical (unpaired) electrons. The SMILES string of the molecule is CN(C)C(=O)Cn1c(=O)n(C(c2ccccc2)(c2ccccc2)c2ccccc2)c2ncc(Br)cc21. The van der Waals surface area contributed by atoms with E-state index in [1.54, 1.807) is 24.9 Å². The molecule has 0 saturated carbocycles. The van der Waals surface area contributed by atoms with Crippen LogP contribution in [0.1, 0.15) is 16.7 Å². The van der Waals surface area contributed by atoms with Gasteiger partial charge in [0.15, 0.2) is 5.65 Å². The Morgan fingerprint density at radius 3 is 1.78 bits per heavy atom. The number of nitrogens with zero attached hydrogens (tertiary/aromatic N) is 4. The molecule has 3 aromatic carbocycles. The molecule has 2 aromatic heterocycles. The first-order chi connectivity index (χ1) is 17.4. The maximum Gasteiger partial charge on any atom is 0.332 e. The number of rotatable bonds is 6. The third-order valence-corrected chi connectivity index (χ3v) is 6.87. The molecule has 1 amide bonds. The molecule has 36 heavy (non-hydrogen) atoms. The predicted molar refractivity (Wildman–Crippen MR) is 145 cm³/mol. The maximum absolute atomic E-state index is 14.4. The van der Waals surface area contributed by atoms with Crippen LogP contribution in [0.2, 0.25) is 0 Å². The van der Waals surface area contributed by atoms with Gasteiger partial charge < -0.3 is 4.90 Å². The fourth-order valence-electron chi connectivity index (χ4n) is 4.76. The minimum absolute atomic E-state index is 0.0953. The molecule has 0 aliphatic heterocycles. The molecule has 0 N–H and O–H groups in total. The first-order valence-electron chi connectivity index (χ1n) is 11.6. The Labute approximate surface area is 217 Å². The van der Waals surface area contributed by atoms with Gasteiger partial charge in [0.25, 0.3) is 0 Å². The van der Waals surface area contributed by atoms with Crippen molar-refractivity contribution in [3.8, 4) is 0 Å². The van der Waals surface area contributed by atoms with Gasteiger partial charge in [0.05, 0.1) is 5.52 Å². The van der Waals surface area contributed by atoms with Crippen molar-refractivity contribution in [3.63, 3.8) is 0 Å². The van der Waals surface area contributed by atoms with Crippen LogP contribution >= 0.6 is 15.9 Å². The number of hydrogen-bond donors (Lipinski definition) is 0. The van der Waals surface area contributed by atoms with Gasteiger partial charge >= 0.3 is 5.69 Å². The van der Waals surface area contributed by atoms with Gasteiger partial charge in [-0.2, -0.15) is 0 Å². The lowest BCUT2D eigenvalue weighted by Gasteiger charge is -2.37. The van der Waals surface area contributed by atoms with E-state index in [2.05, 4.69) is 15.9 Å². The average Bonchev–Trinajstić information content (AvgIpc) is 3.17. The summed E-state index contributed by atoms with van der Waals surface area (Å²) in [6.45, 7) is -0.0953. The highest BCUT2D eigenvalue weighted by molar-refractivity contribution is 9.10. The van der Waals surface area contributed by atoms with Gasteiger partial charge in [-0.1, -0.05) is 91.0 Å². The van der Waals surface area contributed by atoms with E-state index < -0.39 is 5.54 Å². The predicted octanol–water partition coefficient (Wildman–Crippen LogP) is 4.89. The van der Waals surface area contributed by atoms with Crippen molar-refractivity contribution >= 4 is 33.0 Å². The molecule has 7 heteroatoms. The lowest BCUT2D eigenvalue weighted by atomic mass is 9.76. The Hall–Kier alpha value is -3.97. The number of hydrogen-bond acceptors (Lipinski definition) is 3. The highest BCUT2D eigenvalue weighted by atomic mass is 79.9. The van der Waals surface area contributed by atoms with Crippen molar-refractivity contribution < 1.29 is 4.79 Å². The van der Waals surface area contributed by atoms with Crippen molar-refractivity contribution in [2.24, 2.45) is 0 Å². The summed E-state index contributed by atoms with van der Waals surface area (Å²) in [5, 5.41) is 0. The summed E-state index contributed by atoms with van der Waals surface area (Å²) < 4.78 is 3.97. The summed E-state index contributed by atoms with van der Waals surface area (Å²) >= 11 is 3.50. The van der Waals surface area contributed by atoms with E-state index in [1.807, 2.05) is 97.1 Å². The van der Waals surface area contributed by atoms with Gasteiger partial charge in [0.2, 0.25) is 5.91 Å². The molecule has 0 atom stereocenters. The number of fused-ring (bicyclic) bond motifs is 1. The molecule has 0 unspecified atom stereocenters. The fraction of sp³-hybridized carbons (Fsp3) is 0.138. The fourth-order valence-corrected chi connectivity index (χ4v) is 5.08. The lowest BCUT2D eigenvalue weighted by molar-refractivity contribution is -0.129. The largest absolute Gasteiger partial charge is 0.347 e. The van der Waals surface area contributed by atoms with Crippen molar-refractivity contribution in [3.05, 3.63) is 135 Å². The van der Waals surface area contributed by atoms with E-state index in [0.717, 1.165) is 21.2 Å². The second-order valence-corrected chi connectivity index (χ2v) is 9.71. The van der Waals surface area contributed by atoms with Gasteiger partial charge in [0.1, 0.15) is 12.1 Å². The second-order valence-electron chi connectivity index (χ2n) is 8.80. The van der Waals surface area contributed by atoms with Crippen LogP contribution in [0.4, 0.5) is 0 Å². The molecule has 0 aliphatic carbocycles. The third kappa shape index (κ3) is 3.85. The molecule has 6 nitrogen and oxygen atoms in total. The van der Waals surface area contributed by atoms with Crippen LogP contribution in [0.15, 0.2) is 113 Å². The second kappa shape index (κ2) is 9.59. The molecule has 0 saturated heterocycles. The Morgan fingerprint density at radius 2 is 1.33 bits per heavy atom. The van der Waals surface area contributed by atoms with Crippen LogP contribution < -0.4 is 5.69 Å². The number of halogens is 1. The van der Waals surface area contributed by atoms with Crippen LogP contribution in [0.25, 0.3) is 11.2 Å². The average molecular weight is 541 g/mol. The highest BCUT2D eigenvalue weighted by Crippen LogP contribution is 2.41. The van der Waals surface area contributed by atoms with E-state index in [9.17, 15) is 9.59 Å². The summed E-state index contributed by atoms with van der Waals surface area (Å²) in [6.07, 6.45) is 1.68. The summed E-state index contributed by atoms with van der Waals surface area (Å²) in [7, 11) is 3.37. The quantitative estimate of drug-likeness (QED) is 0.288. The van der Waals surface area contributed by atoms with E-state index in [1.165, 1.54) is 9.47 Å². The van der Waals surface area contributed by atoms with Crippen LogP contribution in [0.3, 0.4) is 0 Å². The van der Waals surface area contributed by atoms with E-state index in [-0.39, 0.29) is 18.1 Å². The number of aromatic nitrogens is 3.